The Morgan fingerprint density at radius 2 is 1.96 bits per heavy atom. The van der Waals surface area contributed by atoms with Crippen LogP contribution in [0.25, 0.3) is 11.3 Å². The summed E-state index contributed by atoms with van der Waals surface area (Å²) in [5.41, 5.74) is 3.59. The number of thiazole rings is 1. The van der Waals surface area contributed by atoms with Gasteiger partial charge >= 0.3 is 0 Å². The number of aromatic nitrogens is 2. The predicted octanol–water partition coefficient (Wildman–Crippen LogP) is 6.38. The van der Waals surface area contributed by atoms with E-state index in [2.05, 4.69) is 39.9 Å². The molecule has 28 heavy (non-hydrogen) atoms. The molecule has 0 atom stereocenters. The molecule has 0 spiro atoms. The molecule has 1 N–H and O–H groups in total. The molecule has 2 aliphatic carbocycles. The van der Waals surface area contributed by atoms with Crippen LogP contribution in [0.3, 0.4) is 0 Å². The summed E-state index contributed by atoms with van der Waals surface area (Å²) < 4.78 is 5.92. The lowest BCUT2D eigenvalue weighted by Gasteiger charge is -2.07. The number of nitrogens with one attached hydrogen (secondary N) is 1. The van der Waals surface area contributed by atoms with Gasteiger partial charge in [-0.1, -0.05) is 18.6 Å². The van der Waals surface area contributed by atoms with Crippen LogP contribution >= 0.6 is 11.3 Å². The molecule has 5 heteroatoms. The highest BCUT2D eigenvalue weighted by atomic mass is 32.1. The molecule has 0 unspecified atom stereocenters. The number of unbranched alkanes of at least 4 members (excludes halogenated alkanes) is 2. The second kappa shape index (κ2) is 8.08. The van der Waals surface area contributed by atoms with Crippen LogP contribution in [0.4, 0.5) is 5.69 Å². The van der Waals surface area contributed by atoms with E-state index in [1.165, 1.54) is 55.6 Å². The number of anilines is 1. The summed E-state index contributed by atoms with van der Waals surface area (Å²) in [6.07, 6.45) is 11.7. The third-order valence-electron chi connectivity index (χ3n) is 5.56. The van der Waals surface area contributed by atoms with E-state index in [0.717, 1.165) is 41.8 Å². The molecule has 0 radical (unpaired) electrons. The Kier molecular flexibility index (Phi) is 5.17. The van der Waals surface area contributed by atoms with E-state index in [-0.39, 0.29) is 0 Å². The average molecular weight is 394 g/mol. The van der Waals surface area contributed by atoms with Crippen LogP contribution in [-0.4, -0.2) is 16.5 Å². The fraction of sp³-hybridized carbons (Fsp3) is 0.478. The molecule has 2 saturated carbocycles. The van der Waals surface area contributed by atoms with E-state index in [1.807, 2.05) is 17.5 Å². The number of hydrogen-bond acceptors (Lipinski definition) is 5. The highest BCUT2D eigenvalue weighted by Crippen LogP contribution is 2.41. The molecule has 2 aliphatic rings. The van der Waals surface area contributed by atoms with Crippen molar-refractivity contribution in [1.29, 1.82) is 0 Å². The van der Waals surface area contributed by atoms with Gasteiger partial charge in [-0.15, -0.1) is 11.3 Å². The molecular formula is C23H27N3OS. The Morgan fingerprint density at radius 1 is 1.07 bits per heavy atom. The monoisotopic (exact) mass is 393 g/mol. The summed E-state index contributed by atoms with van der Waals surface area (Å²) in [6.45, 7) is 0.998. The van der Waals surface area contributed by atoms with Crippen LogP contribution < -0.4 is 5.32 Å². The van der Waals surface area contributed by atoms with E-state index in [9.17, 15) is 0 Å². The fourth-order valence-electron chi connectivity index (χ4n) is 3.54. The second-order valence-corrected chi connectivity index (χ2v) is 9.04. The van der Waals surface area contributed by atoms with Crippen molar-refractivity contribution in [3.63, 3.8) is 0 Å². The van der Waals surface area contributed by atoms with Gasteiger partial charge in [0.25, 0.3) is 0 Å². The van der Waals surface area contributed by atoms with Gasteiger partial charge in [-0.2, -0.15) is 0 Å². The van der Waals surface area contributed by atoms with E-state index >= 15 is 0 Å². The quantitative estimate of drug-likeness (QED) is 0.406. The number of nitrogens with zero attached hydrogens (tertiary/aromatic N) is 2. The molecule has 0 aliphatic heterocycles. The van der Waals surface area contributed by atoms with Gasteiger partial charge in [0, 0.05) is 35.0 Å². The van der Waals surface area contributed by atoms with Crippen LogP contribution in [0.5, 0.6) is 0 Å². The van der Waals surface area contributed by atoms with Crippen LogP contribution in [0.2, 0.25) is 0 Å². The SMILES string of the molecule is c1cc(NCCCCCc2nc(C3CC3)cs2)cc(-c2cnc(C3CC3)o2)c1. The Balaban J connectivity index is 1.05. The van der Waals surface area contributed by atoms with E-state index in [1.54, 1.807) is 0 Å². The molecule has 0 saturated heterocycles. The normalized spacial score (nSPS) is 16.4. The minimum absolute atomic E-state index is 0.555. The molecule has 2 aromatic heterocycles. The van der Waals surface area contributed by atoms with Crippen molar-refractivity contribution in [1.82, 2.24) is 9.97 Å². The van der Waals surface area contributed by atoms with Crippen LogP contribution in [-0.2, 0) is 6.42 Å². The summed E-state index contributed by atoms with van der Waals surface area (Å²) in [5.74, 6) is 3.11. The zero-order chi connectivity index (χ0) is 18.8. The minimum Gasteiger partial charge on any atom is -0.440 e. The molecule has 3 aromatic rings. The van der Waals surface area contributed by atoms with Crippen molar-refractivity contribution in [3.8, 4) is 11.3 Å². The van der Waals surface area contributed by atoms with Crippen molar-refractivity contribution in [2.45, 2.75) is 63.2 Å². The third-order valence-corrected chi connectivity index (χ3v) is 6.49. The van der Waals surface area contributed by atoms with E-state index in [0.29, 0.717) is 5.92 Å². The highest BCUT2D eigenvalue weighted by Gasteiger charge is 2.28. The first-order chi connectivity index (χ1) is 13.8. The summed E-state index contributed by atoms with van der Waals surface area (Å²) in [5, 5.41) is 7.13. The number of rotatable bonds is 10. The zero-order valence-corrected chi connectivity index (χ0v) is 17.0. The number of benzene rings is 1. The van der Waals surface area contributed by atoms with Gasteiger partial charge in [0.1, 0.15) is 0 Å². The lowest BCUT2D eigenvalue weighted by molar-refractivity contribution is 0.509. The first kappa shape index (κ1) is 17.9. The predicted molar refractivity (Wildman–Crippen MR) is 114 cm³/mol. The largest absolute Gasteiger partial charge is 0.440 e. The Hall–Kier alpha value is -2.14. The van der Waals surface area contributed by atoms with Gasteiger partial charge in [-0.05, 0) is 57.1 Å². The van der Waals surface area contributed by atoms with Crippen LogP contribution in [0.1, 0.15) is 73.4 Å². The van der Waals surface area contributed by atoms with Crippen LogP contribution in [0.15, 0.2) is 40.3 Å². The lowest BCUT2D eigenvalue weighted by atomic mass is 10.1. The van der Waals surface area contributed by atoms with Gasteiger partial charge in [-0.3, -0.25) is 0 Å². The van der Waals surface area contributed by atoms with Gasteiger partial charge in [-0.25, -0.2) is 9.97 Å². The minimum atomic E-state index is 0.555. The molecular weight excluding hydrogens is 366 g/mol. The first-order valence-electron chi connectivity index (χ1n) is 10.6. The maximum atomic E-state index is 5.92. The summed E-state index contributed by atoms with van der Waals surface area (Å²) >= 11 is 1.84. The van der Waals surface area contributed by atoms with E-state index < -0.39 is 0 Å². The zero-order valence-electron chi connectivity index (χ0n) is 16.2. The average Bonchev–Trinajstić information content (AvgIpc) is 3.66. The van der Waals surface area contributed by atoms with Gasteiger partial charge in [0.05, 0.1) is 16.9 Å². The topological polar surface area (TPSA) is 51.0 Å². The summed E-state index contributed by atoms with van der Waals surface area (Å²) in [6, 6.07) is 8.45. The van der Waals surface area contributed by atoms with Crippen molar-refractivity contribution in [2.75, 3.05) is 11.9 Å². The van der Waals surface area contributed by atoms with Crippen molar-refractivity contribution >= 4 is 17.0 Å². The van der Waals surface area contributed by atoms with Gasteiger partial charge < -0.3 is 9.73 Å². The number of aryl methyl sites for hydroxylation is 1. The third kappa shape index (κ3) is 4.46. The molecule has 4 nitrogen and oxygen atoms in total. The Bertz CT molecular complexity index is 923. The second-order valence-electron chi connectivity index (χ2n) is 8.10. The van der Waals surface area contributed by atoms with Crippen LogP contribution in [0, 0.1) is 0 Å². The molecule has 0 bridgehead atoms. The summed E-state index contributed by atoms with van der Waals surface area (Å²) in [4.78, 5) is 9.21. The van der Waals surface area contributed by atoms with Crippen molar-refractivity contribution < 1.29 is 4.42 Å². The first-order valence-corrected chi connectivity index (χ1v) is 11.5. The molecule has 5 rings (SSSR count). The maximum absolute atomic E-state index is 5.92. The Morgan fingerprint density at radius 3 is 2.82 bits per heavy atom. The standard InChI is InChI=1S/C23H27N3OS/c1(2-7-22-26-20(15-28-22)16-8-9-16)3-12-24-19-6-4-5-18(13-19)21-14-25-23(27-21)17-10-11-17/h4-6,13-17,24H,1-3,7-12H2. The summed E-state index contributed by atoms with van der Waals surface area (Å²) in [7, 11) is 0. The molecule has 0 amide bonds. The molecule has 2 fully saturated rings. The highest BCUT2D eigenvalue weighted by molar-refractivity contribution is 7.09. The number of hydrogen-bond donors (Lipinski definition) is 1. The van der Waals surface area contributed by atoms with Gasteiger partial charge in [0.15, 0.2) is 11.7 Å². The lowest BCUT2D eigenvalue weighted by Crippen LogP contribution is -2.01. The van der Waals surface area contributed by atoms with Crippen molar-refractivity contribution in [3.05, 3.63) is 52.4 Å². The Labute approximate surface area is 170 Å². The molecule has 146 valence electrons. The van der Waals surface area contributed by atoms with Gasteiger partial charge in [0.2, 0.25) is 0 Å². The van der Waals surface area contributed by atoms with E-state index in [4.69, 9.17) is 9.40 Å². The fourth-order valence-corrected chi connectivity index (χ4v) is 4.46. The maximum Gasteiger partial charge on any atom is 0.198 e. The van der Waals surface area contributed by atoms with Crippen molar-refractivity contribution in [2.24, 2.45) is 0 Å². The number of oxazole rings is 1. The smallest absolute Gasteiger partial charge is 0.198 e. The molecule has 1 aromatic carbocycles. The molecule has 2 heterocycles.